The second kappa shape index (κ2) is 3.61. The van der Waals surface area contributed by atoms with Gasteiger partial charge in [0.1, 0.15) is 17.3 Å². The van der Waals surface area contributed by atoms with Crippen LogP contribution in [0.1, 0.15) is 10.5 Å². The van der Waals surface area contributed by atoms with E-state index in [1.54, 1.807) is 0 Å². The van der Waals surface area contributed by atoms with Crippen LogP contribution in [0, 0.1) is 5.82 Å². The number of halogens is 1. The fourth-order valence-electron chi connectivity index (χ4n) is 1.29. The van der Waals surface area contributed by atoms with Crippen molar-refractivity contribution in [2.24, 2.45) is 5.73 Å². The number of carbonyl (C=O) groups is 1. The maximum Gasteiger partial charge on any atom is 0.271 e. The van der Waals surface area contributed by atoms with Gasteiger partial charge in [-0.3, -0.25) is 4.79 Å². The minimum absolute atomic E-state index is 0.0185. The summed E-state index contributed by atoms with van der Waals surface area (Å²) in [6.07, 6.45) is 0. The van der Waals surface area contributed by atoms with E-state index in [4.69, 9.17) is 10.8 Å². The molecule has 2 rings (SSSR count). The van der Waals surface area contributed by atoms with Crippen LogP contribution < -0.4 is 5.73 Å². The predicted molar refractivity (Wildman–Crippen MR) is 52.0 cm³/mol. The molecule has 6 nitrogen and oxygen atoms in total. The molecule has 0 saturated heterocycles. The summed E-state index contributed by atoms with van der Waals surface area (Å²) in [5.41, 5.74) is 4.96. The van der Waals surface area contributed by atoms with Crippen molar-refractivity contribution in [2.75, 3.05) is 0 Å². The highest BCUT2D eigenvalue weighted by Gasteiger charge is 2.18. The molecule has 0 atom stereocenters. The number of aromatic hydroxyl groups is 1. The number of phenolic OH excluding ortho intramolecular Hbond substituents is 1. The normalized spacial score (nSPS) is 10.3. The van der Waals surface area contributed by atoms with Crippen molar-refractivity contribution in [1.82, 2.24) is 15.4 Å². The summed E-state index contributed by atoms with van der Waals surface area (Å²) in [6.45, 7) is 0. The zero-order valence-corrected chi connectivity index (χ0v) is 7.94. The van der Waals surface area contributed by atoms with Crippen LogP contribution in [0.2, 0.25) is 0 Å². The Labute approximate surface area is 88.9 Å². The monoisotopic (exact) mass is 222 g/mol. The van der Waals surface area contributed by atoms with Gasteiger partial charge in [-0.15, -0.1) is 0 Å². The number of nitrogens with zero attached hydrogens (tertiary/aromatic N) is 2. The summed E-state index contributed by atoms with van der Waals surface area (Å²) in [7, 11) is 0. The van der Waals surface area contributed by atoms with E-state index >= 15 is 0 Å². The Kier molecular flexibility index (Phi) is 2.28. The molecule has 1 aromatic heterocycles. The minimum Gasteiger partial charge on any atom is -0.508 e. The largest absolute Gasteiger partial charge is 0.508 e. The average Bonchev–Trinajstić information content (AvgIpc) is 2.66. The van der Waals surface area contributed by atoms with Gasteiger partial charge in [-0.25, -0.2) is 4.39 Å². The lowest BCUT2D eigenvalue weighted by Crippen LogP contribution is -2.13. The predicted octanol–water partition coefficient (Wildman–Crippen LogP) is 0.415. The highest BCUT2D eigenvalue weighted by atomic mass is 19.1. The van der Waals surface area contributed by atoms with Crippen LogP contribution in [0.3, 0.4) is 0 Å². The first-order valence-electron chi connectivity index (χ1n) is 4.29. The lowest BCUT2D eigenvalue weighted by atomic mass is 10.1. The number of phenols is 1. The first kappa shape index (κ1) is 10.1. The number of aromatic amines is 1. The molecule has 1 aromatic carbocycles. The lowest BCUT2D eigenvalue weighted by Gasteiger charge is -2.00. The molecule has 0 bridgehead atoms. The number of rotatable bonds is 2. The molecule has 0 spiro atoms. The fraction of sp³-hybridized carbons (Fsp3) is 0. The topological polar surface area (TPSA) is 105 Å². The molecule has 0 aliphatic carbocycles. The van der Waals surface area contributed by atoms with Crippen LogP contribution in [0.4, 0.5) is 4.39 Å². The van der Waals surface area contributed by atoms with Crippen LogP contribution >= 0.6 is 0 Å². The van der Waals surface area contributed by atoms with E-state index in [9.17, 15) is 9.18 Å². The van der Waals surface area contributed by atoms with Crippen molar-refractivity contribution in [3.8, 4) is 17.0 Å². The molecule has 0 fully saturated rings. The zero-order chi connectivity index (χ0) is 11.7. The van der Waals surface area contributed by atoms with Crippen LogP contribution in [0.5, 0.6) is 5.75 Å². The minimum atomic E-state index is -0.809. The van der Waals surface area contributed by atoms with Crippen molar-refractivity contribution in [2.45, 2.75) is 0 Å². The fourth-order valence-corrected chi connectivity index (χ4v) is 1.29. The molecule has 2 aromatic rings. The molecule has 82 valence electrons. The van der Waals surface area contributed by atoms with Gasteiger partial charge < -0.3 is 10.8 Å². The summed E-state index contributed by atoms with van der Waals surface area (Å²) in [6, 6.07) is 3.47. The number of primary amides is 1. The Morgan fingerprint density at radius 2 is 2.19 bits per heavy atom. The van der Waals surface area contributed by atoms with E-state index in [0.29, 0.717) is 0 Å². The van der Waals surface area contributed by atoms with Crippen LogP contribution in [0.25, 0.3) is 11.3 Å². The Balaban J connectivity index is 2.59. The summed E-state index contributed by atoms with van der Waals surface area (Å²) >= 11 is 0. The highest BCUT2D eigenvalue weighted by molar-refractivity contribution is 5.96. The molecule has 4 N–H and O–H groups in total. The number of carbonyl (C=O) groups excluding carboxylic acids is 1. The van der Waals surface area contributed by atoms with Gasteiger partial charge in [0.15, 0.2) is 5.69 Å². The lowest BCUT2D eigenvalue weighted by molar-refractivity contribution is 0.0996. The molecule has 0 aliphatic rings. The number of aromatic nitrogens is 3. The molecule has 0 saturated carbocycles. The van der Waals surface area contributed by atoms with Gasteiger partial charge in [0, 0.05) is 11.6 Å². The van der Waals surface area contributed by atoms with E-state index in [-0.39, 0.29) is 22.7 Å². The van der Waals surface area contributed by atoms with E-state index < -0.39 is 11.7 Å². The van der Waals surface area contributed by atoms with Gasteiger partial charge in [0.05, 0.1) is 0 Å². The molecular formula is C9H7FN4O2. The third-order valence-electron chi connectivity index (χ3n) is 1.99. The van der Waals surface area contributed by atoms with E-state index in [1.807, 2.05) is 0 Å². The summed E-state index contributed by atoms with van der Waals surface area (Å²) in [5.74, 6) is -1.74. The van der Waals surface area contributed by atoms with Gasteiger partial charge in [-0.05, 0) is 12.1 Å². The Morgan fingerprint density at radius 1 is 1.44 bits per heavy atom. The van der Waals surface area contributed by atoms with Crippen LogP contribution in [-0.4, -0.2) is 26.4 Å². The van der Waals surface area contributed by atoms with Gasteiger partial charge >= 0.3 is 0 Å². The molecule has 0 unspecified atom stereocenters. The van der Waals surface area contributed by atoms with E-state index in [0.717, 1.165) is 6.07 Å². The van der Waals surface area contributed by atoms with Crippen molar-refractivity contribution >= 4 is 5.91 Å². The Morgan fingerprint density at radius 3 is 2.81 bits per heavy atom. The highest BCUT2D eigenvalue weighted by Crippen LogP contribution is 2.25. The second-order valence-electron chi connectivity index (χ2n) is 3.05. The van der Waals surface area contributed by atoms with Gasteiger partial charge in [-0.1, -0.05) is 0 Å². The first-order valence-corrected chi connectivity index (χ1v) is 4.29. The maximum atomic E-state index is 13.5. The molecule has 0 aliphatic heterocycles. The number of nitrogens with one attached hydrogen (secondary N) is 1. The smallest absolute Gasteiger partial charge is 0.271 e. The van der Waals surface area contributed by atoms with Crippen molar-refractivity contribution in [1.29, 1.82) is 0 Å². The Bertz CT molecular complexity index is 552. The van der Waals surface area contributed by atoms with Crippen molar-refractivity contribution < 1.29 is 14.3 Å². The molecular weight excluding hydrogens is 215 g/mol. The Hall–Kier alpha value is -2.44. The standard InChI is InChI=1S/C9H7FN4O2/c10-6-3-4(15)1-2-5(6)7-8(9(11)16)13-14-12-7/h1-3,15H,(H2,11,16)(H,12,13,14). The average molecular weight is 222 g/mol. The summed E-state index contributed by atoms with van der Waals surface area (Å²) in [5, 5.41) is 18.4. The van der Waals surface area contributed by atoms with Gasteiger partial charge in [0.25, 0.3) is 5.91 Å². The van der Waals surface area contributed by atoms with Crippen molar-refractivity contribution in [3.63, 3.8) is 0 Å². The van der Waals surface area contributed by atoms with Crippen LogP contribution in [-0.2, 0) is 0 Å². The quantitative estimate of drug-likeness (QED) is 0.684. The number of amides is 1. The van der Waals surface area contributed by atoms with Crippen molar-refractivity contribution in [3.05, 3.63) is 29.7 Å². The number of H-pyrrole nitrogens is 1. The summed E-state index contributed by atoms with van der Waals surface area (Å²) in [4.78, 5) is 11.0. The molecule has 0 radical (unpaired) electrons. The van der Waals surface area contributed by atoms with Gasteiger partial charge in [0.2, 0.25) is 0 Å². The number of hydrogen-bond acceptors (Lipinski definition) is 4. The maximum absolute atomic E-state index is 13.5. The molecule has 16 heavy (non-hydrogen) atoms. The molecule has 1 heterocycles. The zero-order valence-electron chi connectivity index (χ0n) is 7.94. The summed E-state index contributed by atoms with van der Waals surface area (Å²) < 4.78 is 13.5. The van der Waals surface area contributed by atoms with Gasteiger partial charge in [-0.2, -0.15) is 15.4 Å². The molecule has 1 amide bonds. The SMILES string of the molecule is NC(=O)c1n[nH]nc1-c1ccc(O)cc1F. The van der Waals surface area contributed by atoms with Crippen LogP contribution in [0.15, 0.2) is 18.2 Å². The second-order valence-corrected chi connectivity index (χ2v) is 3.05. The third kappa shape index (κ3) is 1.58. The first-order chi connectivity index (χ1) is 7.59. The van der Waals surface area contributed by atoms with E-state index in [2.05, 4.69) is 15.4 Å². The number of nitrogens with two attached hydrogens (primary N) is 1. The third-order valence-corrected chi connectivity index (χ3v) is 1.99. The number of hydrogen-bond donors (Lipinski definition) is 3. The van der Waals surface area contributed by atoms with E-state index in [1.165, 1.54) is 12.1 Å². The number of benzene rings is 1. The molecule has 7 heteroatoms.